The van der Waals surface area contributed by atoms with Crippen molar-refractivity contribution in [3.8, 4) is 0 Å². The fraction of sp³-hybridized carbons (Fsp3) is 0.500. The summed E-state index contributed by atoms with van der Waals surface area (Å²) in [5, 5.41) is 0. The largest absolute Gasteiger partial charge is 0.0623 e. The monoisotopic (exact) mass is 160 g/mol. The normalized spacial score (nSPS) is 33.7. The second kappa shape index (κ2) is 2.35. The van der Waals surface area contributed by atoms with Gasteiger partial charge in [-0.25, -0.2) is 0 Å². The summed E-state index contributed by atoms with van der Waals surface area (Å²) in [4.78, 5) is 0. The van der Waals surface area contributed by atoms with Gasteiger partial charge in [0, 0.05) is 11.8 Å². The van der Waals surface area contributed by atoms with Crippen LogP contribution in [-0.4, -0.2) is 0 Å². The van der Waals surface area contributed by atoms with Crippen LogP contribution in [0, 0.1) is 11.8 Å². The highest BCUT2D eigenvalue weighted by Crippen LogP contribution is 2.43. The van der Waals surface area contributed by atoms with Gasteiger partial charge in [0.2, 0.25) is 0 Å². The Hall–Kier alpha value is -0.780. The smallest absolute Gasteiger partial charge is 0.00227 e. The molecular formula is C12H16. The molecule has 0 fully saturated rings. The number of hydrogen-bond donors (Lipinski definition) is 0. The lowest BCUT2D eigenvalue weighted by Crippen LogP contribution is -1.68. The number of rotatable bonds is 2. The molecule has 64 valence electrons. The summed E-state index contributed by atoms with van der Waals surface area (Å²) in [6, 6.07) is 0. The Labute approximate surface area is 74.7 Å². The van der Waals surface area contributed by atoms with Crippen LogP contribution in [0.25, 0.3) is 0 Å². The summed E-state index contributed by atoms with van der Waals surface area (Å²) in [6.45, 7) is 8.99. The van der Waals surface area contributed by atoms with E-state index in [4.69, 9.17) is 0 Å². The minimum Gasteiger partial charge on any atom is -0.0623 e. The molecule has 0 aromatic rings. The van der Waals surface area contributed by atoms with E-state index in [1.165, 1.54) is 0 Å². The second-order valence-electron chi connectivity index (χ2n) is 4.05. The van der Waals surface area contributed by atoms with Gasteiger partial charge in [0.15, 0.2) is 0 Å². The Morgan fingerprint density at radius 1 is 0.833 bits per heavy atom. The minimum absolute atomic E-state index is 0.760. The van der Waals surface area contributed by atoms with Crippen molar-refractivity contribution in [1.29, 1.82) is 0 Å². The van der Waals surface area contributed by atoms with Gasteiger partial charge in [0.05, 0.1) is 0 Å². The molecule has 0 nitrogen and oxygen atoms in total. The van der Waals surface area contributed by atoms with Crippen molar-refractivity contribution in [2.45, 2.75) is 27.7 Å². The Morgan fingerprint density at radius 2 is 1.08 bits per heavy atom. The van der Waals surface area contributed by atoms with E-state index in [2.05, 4.69) is 39.8 Å². The highest BCUT2D eigenvalue weighted by molar-refractivity contribution is 5.53. The SMILES string of the molecule is CC1=C(/C=C/C2=C(C)C2C)C1C. The summed E-state index contributed by atoms with van der Waals surface area (Å²) in [5.41, 5.74) is 6.24. The van der Waals surface area contributed by atoms with Gasteiger partial charge in [-0.3, -0.25) is 0 Å². The van der Waals surface area contributed by atoms with Crippen LogP contribution in [0.4, 0.5) is 0 Å². The molecule has 0 bridgehead atoms. The van der Waals surface area contributed by atoms with E-state index in [9.17, 15) is 0 Å². The van der Waals surface area contributed by atoms with E-state index in [1.54, 1.807) is 22.3 Å². The zero-order valence-electron chi connectivity index (χ0n) is 8.31. The van der Waals surface area contributed by atoms with Crippen LogP contribution in [0.3, 0.4) is 0 Å². The summed E-state index contributed by atoms with van der Waals surface area (Å²) < 4.78 is 0. The third kappa shape index (κ3) is 1.06. The first-order valence-electron chi connectivity index (χ1n) is 4.72. The molecule has 2 atom stereocenters. The van der Waals surface area contributed by atoms with Crippen molar-refractivity contribution in [2.24, 2.45) is 11.8 Å². The predicted octanol–water partition coefficient (Wildman–Crippen LogP) is 3.48. The van der Waals surface area contributed by atoms with E-state index >= 15 is 0 Å². The maximum atomic E-state index is 2.29. The molecule has 2 aliphatic rings. The molecule has 0 radical (unpaired) electrons. The number of allylic oxidation sites excluding steroid dienone is 6. The molecule has 0 N–H and O–H groups in total. The highest BCUT2D eigenvalue weighted by Gasteiger charge is 2.28. The molecule has 0 aromatic heterocycles. The van der Waals surface area contributed by atoms with Crippen LogP contribution >= 0.6 is 0 Å². The molecule has 0 heteroatoms. The summed E-state index contributed by atoms with van der Waals surface area (Å²) in [7, 11) is 0. The highest BCUT2D eigenvalue weighted by atomic mass is 14.3. The maximum Gasteiger partial charge on any atom is 0.00227 e. The van der Waals surface area contributed by atoms with Crippen LogP contribution in [-0.2, 0) is 0 Å². The fourth-order valence-corrected chi connectivity index (χ4v) is 1.75. The standard InChI is InChI=1S/C12H16/c1-7-8(2)11(7)5-6-12-9(3)10(12)4/h5-7,9H,1-4H3/b6-5+. The molecule has 12 heavy (non-hydrogen) atoms. The molecule has 0 aliphatic heterocycles. The number of hydrogen-bond acceptors (Lipinski definition) is 0. The molecule has 0 saturated carbocycles. The summed E-state index contributed by atoms with van der Waals surface area (Å²) in [5.74, 6) is 1.52. The van der Waals surface area contributed by atoms with Gasteiger partial charge in [-0.05, 0) is 25.0 Å². The van der Waals surface area contributed by atoms with Crippen molar-refractivity contribution in [2.75, 3.05) is 0 Å². The molecule has 2 rings (SSSR count). The first-order valence-corrected chi connectivity index (χ1v) is 4.72. The van der Waals surface area contributed by atoms with Gasteiger partial charge in [-0.1, -0.05) is 37.1 Å². The lowest BCUT2D eigenvalue weighted by Gasteiger charge is -1.81. The van der Waals surface area contributed by atoms with E-state index in [0.717, 1.165) is 11.8 Å². The molecule has 0 spiro atoms. The molecule has 0 heterocycles. The molecule has 0 aromatic carbocycles. The molecule has 0 amide bonds. The van der Waals surface area contributed by atoms with Crippen LogP contribution in [0.1, 0.15) is 27.7 Å². The van der Waals surface area contributed by atoms with Crippen molar-refractivity contribution in [3.63, 3.8) is 0 Å². The Kier molecular flexibility index (Phi) is 1.54. The van der Waals surface area contributed by atoms with Gasteiger partial charge >= 0.3 is 0 Å². The Morgan fingerprint density at radius 3 is 1.25 bits per heavy atom. The van der Waals surface area contributed by atoms with Crippen molar-refractivity contribution >= 4 is 0 Å². The van der Waals surface area contributed by atoms with E-state index in [0.29, 0.717) is 0 Å². The van der Waals surface area contributed by atoms with Crippen LogP contribution in [0.2, 0.25) is 0 Å². The predicted molar refractivity (Wildman–Crippen MR) is 52.9 cm³/mol. The minimum atomic E-state index is 0.760. The zero-order valence-corrected chi connectivity index (χ0v) is 8.31. The van der Waals surface area contributed by atoms with Crippen molar-refractivity contribution in [3.05, 3.63) is 34.4 Å². The van der Waals surface area contributed by atoms with Gasteiger partial charge in [0.1, 0.15) is 0 Å². The van der Waals surface area contributed by atoms with Crippen molar-refractivity contribution in [1.82, 2.24) is 0 Å². The third-order valence-corrected chi connectivity index (χ3v) is 3.42. The van der Waals surface area contributed by atoms with Gasteiger partial charge < -0.3 is 0 Å². The molecule has 2 unspecified atom stereocenters. The molecule has 2 aliphatic carbocycles. The first-order chi connectivity index (χ1) is 5.63. The topological polar surface area (TPSA) is 0 Å². The zero-order chi connectivity index (χ0) is 8.88. The van der Waals surface area contributed by atoms with Gasteiger partial charge in [-0.2, -0.15) is 0 Å². The lowest BCUT2D eigenvalue weighted by atomic mass is 10.2. The summed E-state index contributed by atoms with van der Waals surface area (Å²) in [6.07, 6.45) is 4.59. The van der Waals surface area contributed by atoms with E-state index in [1.807, 2.05) is 0 Å². The van der Waals surface area contributed by atoms with Crippen LogP contribution in [0.5, 0.6) is 0 Å². The average Bonchev–Trinajstić information content (AvgIpc) is 2.79. The van der Waals surface area contributed by atoms with Crippen molar-refractivity contribution < 1.29 is 0 Å². The maximum absolute atomic E-state index is 2.29. The Bertz CT molecular complexity index is 281. The van der Waals surface area contributed by atoms with E-state index in [-0.39, 0.29) is 0 Å². The second-order valence-corrected chi connectivity index (χ2v) is 4.05. The van der Waals surface area contributed by atoms with E-state index < -0.39 is 0 Å². The molecular weight excluding hydrogens is 144 g/mol. The fourth-order valence-electron chi connectivity index (χ4n) is 1.75. The summed E-state index contributed by atoms with van der Waals surface area (Å²) >= 11 is 0. The quantitative estimate of drug-likeness (QED) is 0.580. The van der Waals surface area contributed by atoms with Crippen LogP contribution in [0.15, 0.2) is 34.4 Å². The average molecular weight is 160 g/mol. The Balaban J connectivity index is 1.98. The van der Waals surface area contributed by atoms with Gasteiger partial charge in [0.25, 0.3) is 0 Å². The van der Waals surface area contributed by atoms with Crippen LogP contribution < -0.4 is 0 Å². The third-order valence-electron chi connectivity index (χ3n) is 3.42. The first kappa shape index (κ1) is 7.85. The molecule has 0 saturated heterocycles. The van der Waals surface area contributed by atoms with Gasteiger partial charge in [-0.15, -0.1) is 0 Å². The lowest BCUT2D eigenvalue weighted by molar-refractivity contribution is 1.00.